The Balaban J connectivity index is 1.74. The van der Waals surface area contributed by atoms with E-state index in [1.807, 2.05) is 29.3 Å². The Morgan fingerprint density at radius 1 is 1.22 bits per heavy atom. The molecule has 122 valence electrons. The Morgan fingerprint density at radius 2 is 1.96 bits per heavy atom. The van der Waals surface area contributed by atoms with Crippen LogP contribution in [-0.2, 0) is 17.9 Å². The van der Waals surface area contributed by atoms with Crippen molar-refractivity contribution in [3.8, 4) is 5.75 Å². The Labute approximate surface area is 136 Å². The number of amides is 1. The number of hydrogen-bond acceptors (Lipinski definition) is 3. The van der Waals surface area contributed by atoms with E-state index >= 15 is 0 Å². The predicted octanol–water partition coefficient (Wildman–Crippen LogP) is 2.95. The average molecular weight is 313 g/mol. The van der Waals surface area contributed by atoms with Crippen LogP contribution >= 0.6 is 0 Å². The SMILES string of the molecule is O=C(Cn1cccn1)N(Cc1ccc(O)cc1)C1CCCCC1. The summed E-state index contributed by atoms with van der Waals surface area (Å²) in [5.41, 5.74) is 1.04. The van der Waals surface area contributed by atoms with Gasteiger partial charge in [-0.2, -0.15) is 5.10 Å². The number of phenols is 1. The van der Waals surface area contributed by atoms with E-state index < -0.39 is 0 Å². The molecule has 1 N–H and O–H groups in total. The highest BCUT2D eigenvalue weighted by molar-refractivity contribution is 5.76. The minimum atomic E-state index is 0.105. The predicted molar refractivity (Wildman–Crippen MR) is 87.8 cm³/mol. The standard InChI is InChI=1S/C18H23N3O2/c22-17-9-7-15(8-10-17)13-21(16-5-2-1-3-6-16)18(23)14-20-12-4-11-19-20/h4,7-12,16,22H,1-3,5-6,13-14H2. The number of rotatable bonds is 5. The maximum Gasteiger partial charge on any atom is 0.244 e. The van der Waals surface area contributed by atoms with E-state index in [4.69, 9.17) is 0 Å². The molecule has 1 aromatic carbocycles. The minimum absolute atomic E-state index is 0.105. The molecule has 1 heterocycles. The van der Waals surface area contributed by atoms with Crippen LogP contribution in [0, 0.1) is 0 Å². The van der Waals surface area contributed by atoms with Gasteiger partial charge >= 0.3 is 0 Å². The third kappa shape index (κ3) is 4.12. The number of aromatic hydroxyl groups is 1. The number of aromatic nitrogens is 2. The van der Waals surface area contributed by atoms with Crippen molar-refractivity contribution in [1.29, 1.82) is 0 Å². The second-order valence-corrected chi connectivity index (χ2v) is 6.18. The maximum absolute atomic E-state index is 12.8. The summed E-state index contributed by atoms with van der Waals surface area (Å²) in [5, 5.41) is 13.6. The summed E-state index contributed by atoms with van der Waals surface area (Å²) >= 11 is 0. The van der Waals surface area contributed by atoms with Crippen molar-refractivity contribution in [3.63, 3.8) is 0 Å². The third-order valence-corrected chi connectivity index (χ3v) is 4.48. The lowest BCUT2D eigenvalue weighted by Crippen LogP contribution is -2.42. The van der Waals surface area contributed by atoms with Gasteiger partial charge in [0, 0.05) is 25.0 Å². The molecule has 0 radical (unpaired) electrons. The van der Waals surface area contributed by atoms with Gasteiger partial charge < -0.3 is 10.0 Å². The van der Waals surface area contributed by atoms with Crippen LogP contribution in [0.25, 0.3) is 0 Å². The molecule has 0 unspecified atom stereocenters. The molecule has 5 heteroatoms. The highest BCUT2D eigenvalue weighted by Crippen LogP contribution is 2.25. The number of benzene rings is 1. The molecule has 0 atom stereocenters. The van der Waals surface area contributed by atoms with Crippen LogP contribution in [0.15, 0.2) is 42.7 Å². The first-order valence-electron chi connectivity index (χ1n) is 8.27. The fraction of sp³-hybridized carbons (Fsp3) is 0.444. The normalized spacial score (nSPS) is 15.5. The summed E-state index contributed by atoms with van der Waals surface area (Å²) in [5.74, 6) is 0.356. The van der Waals surface area contributed by atoms with Gasteiger partial charge in [-0.25, -0.2) is 0 Å². The molecule has 23 heavy (non-hydrogen) atoms. The molecule has 2 aromatic rings. The van der Waals surface area contributed by atoms with Gasteiger partial charge in [0.2, 0.25) is 5.91 Å². The molecule has 3 rings (SSSR count). The first kappa shape index (κ1) is 15.6. The summed E-state index contributed by atoms with van der Waals surface area (Å²) in [6, 6.07) is 9.25. The summed E-state index contributed by atoms with van der Waals surface area (Å²) in [4.78, 5) is 14.8. The van der Waals surface area contributed by atoms with Crippen LogP contribution in [0.2, 0.25) is 0 Å². The van der Waals surface area contributed by atoms with E-state index in [0.717, 1.165) is 18.4 Å². The molecule has 1 aromatic heterocycles. The lowest BCUT2D eigenvalue weighted by molar-refractivity contribution is -0.135. The molecular formula is C18H23N3O2. The fourth-order valence-corrected chi connectivity index (χ4v) is 3.24. The van der Waals surface area contributed by atoms with Crippen molar-refractivity contribution >= 4 is 5.91 Å². The summed E-state index contributed by atoms with van der Waals surface area (Å²) in [6.07, 6.45) is 9.29. The smallest absolute Gasteiger partial charge is 0.244 e. The van der Waals surface area contributed by atoms with Crippen LogP contribution in [0.3, 0.4) is 0 Å². The zero-order valence-electron chi connectivity index (χ0n) is 13.3. The summed E-state index contributed by atoms with van der Waals surface area (Å²) < 4.78 is 1.68. The zero-order chi connectivity index (χ0) is 16.1. The average Bonchev–Trinajstić information content (AvgIpc) is 3.08. The Morgan fingerprint density at radius 3 is 2.61 bits per heavy atom. The first-order chi connectivity index (χ1) is 11.2. The van der Waals surface area contributed by atoms with Crippen molar-refractivity contribution in [2.45, 2.75) is 51.2 Å². The largest absolute Gasteiger partial charge is 0.508 e. The fourth-order valence-electron chi connectivity index (χ4n) is 3.24. The maximum atomic E-state index is 12.8. The molecule has 1 amide bonds. The molecule has 0 bridgehead atoms. The van der Waals surface area contributed by atoms with E-state index in [-0.39, 0.29) is 18.2 Å². The summed E-state index contributed by atoms with van der Waals surface area (Å²) in [6.45, 7) is 0.868. The van der Waals surface area contributed by atoms with Crippen LogP contribution in [0.4, 0.5) is 0 Å². The number of hydrogen-bond donors (Lipinski definition) is 1. The molecule has 0 saturated heterocycles. The van der Waals surface area contributed by atoms with Crippen LogP contribution in [0.5, 0.6) is 5.75 Å². The molecule has 5 nitrogen and oxygen atoms in total. The molecule has 0 aliphatic heterocycles. The highest BCUT2D eigenvalue weighted by Gasteiger charge is 2.25. The Bertz CT molecular complexity index is 616. The Kier molecular flexibility index (Phi) is 4.95. The van der Waals surface area contributed by atoms with Crippen molar-refractivity contribution in [2.24, 2.45) is 0 Å². The van der Waals surface area contributed by atoms with Gasteiger partial charge in [0.15, 0.2) is 0 Å². The minimum Gasteiger partial charge on any atom is -0.508 e. The van der Waals surface area contributed by atoms with Gasteiger partial charge in [-0.1, -0.05) is 31.4 Å². The molecule has 1 aliphatic carbocycles. The summed E-state index contributed by atoms with van der Waals surface area (Å²) in [7, 11) is 0. The number of nitrogens with zero attached hydrogens (tertiary/aromatic N) is 3. The monoisotopic (exact) mass is 313 g/mol. The molecule has 1 aliphatic rings. The van der Waals surface area contributed by atoms with E-state index in [0.29, 0.717) is 12.6 Å². The van der Waals surface area contributed by atoms with Crippen LogP contribution in [0.1, 0.15) is 37.7 Å². The lowest BCUT2D eigenvalue weighted by atomic mass is 9.93. The van der Waals surface area contributed by atoms with E-state index in [2.05, 4.69) is 5.10 Å². The van der Waals surface area contributed by atoms with E-state index in [1.54, 1.807) is 23.0 Å². The third-order valence-electron chi connectivity index (χ3n) is 4.48. The first-order valence-corrected chi connectivity index (χ1v) is 8.27. The second-order valence-electron chi connectivity index (χ2n) is 6.18. The van der Waals surface area contributed by atoms with Crippen molar-refractivity contribution in [2.75, 3.05) is 0 Å². The van der Waals surface area contributed by atoms with Crippen LogP contribution < -0.4 is 0 Å². The molecular weight excluding hydrogens is 290 g/mol. The number of carbonyl (C=O) groups is 1. The van der Waals surface area contributed by atoms with Crippen molar-refractivity contribution in [3.05, 3.63) is 48.3 Å². The van der Waals surface area contributed by atoms with Gasteiger partial charge in [-0.3, -0.25) is 9.48 Å². The lowest BCUT2D eigenvalue weighted by Gasteiger charge is -2.34. The van der Waals surface area contributed by atoms with E-state index in [1.165, 1.54) is 19.3 Å². The van der Waals surface area contributed by atoms with Gasteiger partial charge in [-0.15, -0.1) is 0 Å². The molecule has 0 spiro atoms. The quantitative estimate of drug-likeness (QED) is 0.923. The molecule has 1 fully saturated rings. The van der Waals surface area contributed by atoms with Gasteiger partial charge in [-0.05, 0) is 36.6 Å². The van der Waals surface area contributed by atoms with Gasteiger partial charge in [0.1, 0.15) is 12.3 Å². The highest BCUT2D eigenvalue weighted by atomic mass is 16.3. The number of carbonyl (C=O) groups excluding carboxylic acids is 1. The number of phenolic OH excluding ortho intramolecular Hbond substituents is 1. The van der Waals surface area contributed by atoms with Crippen molar-refractivity contribution in [1.82, 2.24) is 14.7 Å². The zero-order valence-corrected chi connectivity index (χ0v) is 13.3. The van der Waals surface area contributed by atoms with Gasteiger partial charge in [0.25, 0.3) is 0 Å². The molecule has 1 saturated carbocycles. The second kappa shape index (κ2) is 7.31. The topological polar surface area (TPSA) is 58.4 Å². The van der Waals surface area contributed by atoms with Crippen LogP contribution in [-0.4, -0.2) is 31.7 Å². The van der Waals surface area contributed by atoms with Gasteiger partial charge in [0.05, 0.1) is 0 Å². The van der Waals surface area contributed by atoms with Crippen molar-refractivity contribution < 1.29 is 9.90 Å². The van der Waals surface area contributed by atoms with E-state index in [9.17, 15) is 9.90 Å². The Hall–Kier alpha value is -2.30.